The number of halogens is 1. The highest BCUT2D eigenvalue weighted by atomic mass is 19.1. The Labute approximate surface area is 219 Å². The molecule has 1 aromatic carbocycles. The molecule has 0 atom stereocenters. The summed E-state index contributed by atoms with van der Waals surface area (Å²) in [7, 11) is 2.13. The van der Waals surface area contributed by atoms with Crippen LogP contribution >= 0.6 is 0 Å². The molecule has 192 valence electrons. The van der Waals surface area contributed by atoms with Crippen LogP contribution in [-0.4, -0.2) is 82.0 Å². The first-order valence-electron chi connectivity index (χ1n) is 12.7. The quantitative estimate of drug-likeness (QED) is 0.360. The van der Waals surface area contributed by atoms with Crippen LogP contribution in [0.15, 0.2) is 67.3 Å². The second-order valence-corrected chi connectivity index (χ2v) is 9.66. The predicted molar refractivity (Wildman–Crippen MR) is 146 cm³/mol. The summed E-state index contributed by atoms with van der Waals surface area (Å²) in [5.41, 5.74) is 4.61. The maximum absolute atomic E-state index is 15.3. The molecular weight excluding hydrogens is 481 g/mol. The minimum atomic E-state index is -0.428. The van der Waals surface area contributed by atoms with Crippen LogP contribution in [0.2, 0.25) is 0 Å². The van der Waals surface area contributed by atoms with E-state index in [-0.39, 0.29) is 5.91 Å². The Morgan fingerprint density at radius 3 is 2.61 bits per heavy atom. The average molecular weight is 510 g/mol. The zero-order valence-corrected chi connectivity index (χ0v) is 21.1. The number of hydrogen-bond donors (Lipinski definition) is 2. The number of pyridine rings is 3. The van der Waals surface area contributed by atoms with Crippen LogP contribution in [0.5, 0.6) is 0 Å². The van der Waals surface area contributed by atoms with Crippen LogP contribution in [-0.2, 0) is 0 Å². The molecule has 1 amide bonds. The van der Waals surface area contributed by atoms with Crippen molar-refractivity contribution in [3.63, 3.8) is 0 Å². The molecule has 0 unspecified atom stereocenters. The molecule has 1 aliphatic rings. The zero-order valence-electron chi connectivity index (χ0n) is 21.1. The largest absolute Gasteiger partial charge is 0.351 e. The summed E-state index contributed by atoms with van der Waals surface area (Å²) in [5.74, 6) is -0.562. The molecular formula is C29H28FN7O. The van der Waals surface area contributed by atoms with Gasteiger partial charge in [-0.15, -0.1) is 0 Å². The monoisotopic (exact) mass is 509 g/mol. The van der Waals surface area contributed by atoms with E-state index in [4.69, 9.17) is 0 Å². The molecule has 1 aliphatic heterocycles. The fourth-order valence-electron chi connectivity index (χ4n) is 4.98. The van der Waals surface area contributed by atoms with Crippen molar-refractivity contribution in [1.29, 1.82) is 0 Å². The smallest absolute Gasteiger partial charge is 0.251 e. The molecule has 0 radical (unpaired) electrons. The molecule has 0 saturated carbocycles. The van der Waals surface area contributed by atoms with E-state index in [0.29, 0.717) is 34.3 Å². The first-order chi connectivity index (χ1) is 18.6. The normalized spacial score (nSPS) is 14.8. The topological polar surface area (TPSA) is 90.0 Å². The number of carbonyl (C=O) groups excluding carboxylic acids is 1. The summed E-state index contributed by atoms with van der Waals surface area (Å²) in [6.07, 6.45) is 6.42. The summed E-state index contributed by atoms with van der Waals surface area (Å²) in [6, 6.07) is 12.8. The van der Waals surface area contributed by atoms with Crippen molar-refractivity contribution in [2.45, 2.75) is 0 Å². The maximum atomic E-state index is 15.3. The minimum Gasteiger partial charge on any atom is -0.351 e. The molecule has 9 heteroatoms. The van der Waals surface area contributed by atoms with Crippen molar-refractivity contribution in [3.05, 3.63) is 78.6 Å². The van der Waals surface area contributed by atoms with E-state index in [2.05, 4.69) is 42.1 Å². The summed E-state index contributed by atoms with van der Waals surface area (Å²) in [5, 5.41) is 4.50. The van der Waals surface area contributed by atoms with Gasteiger partial charge in [0.05, 0.1) is 23.6 Å². The SMILES string of the molecule is CN1CCN(CCNC(=O)c2ccc(-c3c(F)cnc4[nH]c5cnc(-c6cccnc6)cc5c34)cc2)CC1. The van der Waals surface area contributed by atoms with Crippen molar-refractivity contribution in [3.8, 4) is 22.4 Å². The number of likely N-dealkylation sites (N-methyl/N-ethyl adjacent to an activating group) is 1. The Kier molecular flexibility index (Phi) is 6.53. The van der Waals surface area contributed by atoms with Crippen LogP contribution in [0.3, 0.4) is 0 Å². The van der Waals surface area contributed by atoms with Gasteiger partial charge < -0.3 is 15.2 Å². The van der Waals surface area contributed by atoms with Crippen molar-refractivity contribution in [2.75, 3.05) is 46.3 Å². The number of hydrogen-bond acceptors (Lipinski definition) is 6. The lowest BCUT2D eigenvalue weighted by atomic mass is 9.99. The number of benzene rings is 1. The Morgan fingerprint density at radius 2 is 1.84 bits per heavy atom. The molecule has 2 N–H and O–H groups in total. The molecule has 6 rings (SSSR count). The first-order valence-corrected chi connectivity index (χ1v) is 12.7. The van der Waals surface area contributed by atoms with Gasteiger partial charge in [-0.3, -0.25) is 19.7 Å². The Morgan fingerprint density at radius 1 is 1.03 bits per heavy atom. The highest BCUT2D eigenvalue weighted by molar-refractivity contribution is 6.13. The van der Waals surface area contributed by atoms with Crippen molar-refractivity contribution >= 4 is 27.8 Å². The fourth-order valence-corrected chi connectivity index (χ4v) is 4.98. The van der Waals surface area contributed by atoms with Crippen LogP contribution in [0.25, 0.3) is 44.3 Å². The second kappa shape index (κ2) is 10.3. The van der Waals surface area contributed by atoms with Crippen LogP contribution in [0.1, 0.15) is 10.4 Å². The van der Waals surface area contributed by atoms with Gasteiger partial charge in [0.25, 0.3) is 5.91 Å². The van der Waals surface area contributed by atoms with E-state index in [9.17, 15) is 4.79 Å². The molecule has 0 spiro atoms. The summed E-state index contributed by atoms with van der Waals surface area (Å²) in [6.45, 7) is 5.54. The second-order valence-electron chi connectivity index (χ2n) is 9.66. The van der Waals surface area contributed by atoms with Crippen molar-refractivity contribution in [2.24, 2.45) is 0 Å². The van der Waals surface area contributed by atoms with Crippen LogP contribution in [0, 0.1) is 5.82 Å². The lowest BCUT2D eigenvalue weighted by Crippen LogP contribution is -2.46. The summed E-state index contributed by atoms with van der Waals surface area (Å²) in [4.78, 5) is 33.7. The number of nitrogens with zero attached hydrogens (tertiary/aromatic N) is 5. The van der Waals surface area contributed by atoms with Gasteiger partial charge in [0.15, 0.2) is 0 Å². The van der Waals surface area contributed by atoms with Gasteiger partial charge >= 0.3 is 0 Å². The fraction of sp³-hybridized carbons (Fsp3) is 0.241. The first kappa shape index (κ1) is 24.1. The zero-order chi connectivity index (χ0) is 26.1. The lowest BCUT2D eigenvalue weighted by Gasteiger charge is -2.32. The number of amides is 1. The van der Waals surface area contributed by atoms with E-state index >= 15 is 4.39 Å². The molecule has 1 saturated heterocycles. The molecule has 1 fully saturated rings. The Bertz CT molecular complexity index is 1590. The molecule has 4 aromatic heterocycles. The highest BCUT2D eigenvalue weighted by Gasteiger charge is 2.18. The standard InChI is InChI=1S/C29H28FN7O/c1-36-11-13-37(14-12-36)10-9-32-29(38)20-6-4-19(5-7-20)26-23(30)17-34-28-27(26)22-15-24(33-18-25(22)35-28)21-3-2-8-31-16-21/h2-8,15-18H,9-14H2,1H3,(H,32,38)(H,34,35). The number of carbonyl (C=O) groups is 1. The lowest BCUT2D eigenvalue weighted by molar-refractivity contribution is 0.0941. The summed E-state index contributed by atoms with van der Waals surface area (Å²) >= 11 is 0. The third kappa shape index (κ3) is 4.73. The number of fused-ring (bicyclic) bond motifs is 3. The molecule has 5 aromatic rings. The van der Waals surface area contributed by atoms with E-state index < -0.39 is 5.82 Å². The average Bonchev–Trinajstić information content (AvgIpc) is 3.32. The van der Waals surface area contributed by atoms with E-state index in [1.54, 1.807) is 42.9 Å². The van der Waals surface area contributed by atoms with E-state index in [0.717, 1.165) is 54.9 Å². The van der Waals surface area contributed by atoms with Gasteiger partial charge in [-0.25, -0.2) is 9.37 Å². The van der Waals surface area contributed by atoms with E-state index in [1.807, 2.05) is 18.2 Å². The van der Waals surface area contributed by atoms with Gasteiger partial charge in [-0.1, -0.05) is 12.1 Å². The molecule has 0 aliphatic carbocycles. The number of aromatic amines is 1. The van der Waals surface area contributed by atoms with Crippen molar-refractivity contribution in [1.82, 2.24) is 35.1 Å². The van der Waals surface area contributed by atoms with Gasteiger partial charge in [0, 0.05) is 79.1 Å². The number of nitrogens with one attached hydrogen (secondary N) is 2. The van der Waals surface area contributed by atoms with Gasteiger partial charge in [0.1, 0.15) is 11.5 Å². The molecule has 8 nitrogen and oxygen atoms in total. The summed E-state index contributed by atoms with van der Waals surface area (Å²) < 4.78 is 15.3. The predicted octanol–water partition coefficient (Wildman–Crippen LogP) is 3.96. The van der Waals surface area contributed by atoms with Gasteiger partial charge in [-0.05, 0) is 42.9 Å². The number of H-pyrrole nitrogens is 1. The third-order valence-electron chi connectivity index (χ3n) is 7.16. The maximum Gasteiger partial charge on any atom is 0.251 e. The molecule has 5 heterocycles. The van der Waals surface area contributed by atoms with Gasteiger partial charge in [-0.2, -0.15) is 0 Å². The number of aromatic nitrogens is 4. The highest BCUT2D eigenvalue weighted by Crippen LogP contribution is 2.36. The molecule has 0 bridgehead atoms. The number of piperazine rings is 1. The Balaban J connectivity index is 1.26. The van der Waals surface area contributed by atoms with Gasteiger partial charge in [0.2, 0.25) is 0 Å². The third-order valence-corrected chi connectivity index (χ3v) is 7.16. The number of rotatable bonds is 6. The molecule has 38 heavy (non-hydrogen) atoms. The Hall–Kier alpha value is -4.21. The minimum absolute atomic E-state index is 0.134. The van der Waals surface area contributed by atoms with Crippen LogP contribution in [0.4, 0.5) is 4.39 Å². The van der Waals surface area contributed by atoms with E-state index in [1.165, 1.54) is 6.20 Å². The van der Waals surface area contributed by atoms with Crippen molar-refractivity contribution < 1.29 is 9.18 Å². The van der Waals surface area contributed by atoms with Crippen LogP contribution < -0.4 is 5.32 Å².